The highest BCUT2D eigenvalue weighted by Crippen LogP contribution is 2.19. The molecule has 0 aliphatic heterocycles. The van der Waals surface area contributed by atoms with Crippen molar-refractivity contribution in [2.45, 2.75) is 72.1 Å². The average Bonchev–Trinajstić information content (AvgIpc) is 2.52. The zero-order valence-corrected chi connectivity index (χ0v) is 17.0. The van der Waals surface area contributed by atoms with Crippen LogP contribution in [0.5, 0.6) is 0 Å². The zero-order chi connectivity index (χ0) is 17.0. The number of hydrogen-bond acceptors (Lipinski definition) is 1. The first-order valence-corrected chi connectivity index (χ1v) is 10.9. The van der Waals surface area contributed by atoms with E-state index in [1.807, 2.05) is 20.8 Å². The van der Waals surface area contributed by atoms with Gasteiger partial charge in [-0.05, 0) is 30.9 Å². The van der Waals surface area contributed by atoms with Crippen molar-refractivity contribution >= 4 is 5.78 Å². The van der Waals surface area contributed by atoms with E-state index in [-0.39, 0.29) is 26.6 Å². The molecule has 0 aliphatic rings. The predicted octanol–water partition coefficient (Wildman–Crippen LogP) is 2.64. The van der Waals surface area contributed by atoms with Crippen molar-refractivity contribution in [3.63, 3.8) is 0 Å². The second-order valence-electron chi connectivity index (χ2n) is 6.96. The smallest absolute Gasteiger partial charge is 0.299 e. The SMILES string of the molecule is CC(C)(C)C(=O)CCCCCCCCC#C[I+]c1ccccc1. The van der Waals surface area contributed by atoms with Gasteiger partial charge in [0.05, 0.1) is 0 Å². The molecule has 1 aromatic carbocycles. The molecule has 0 saturated heterocycles. The molecule has 0 radical (unpaired) electrons. The Balaban J connectivity index is 1.93. The summed E-state index contributed by atoms with van der Waals surface area (Å²) in [5, 5.41) is 0. The van der Waals surface area contributed by atoms with Gasteiger partial charge in [-0.2, -0.15) is 0 Å². The number of unbranched alkanes of at least 4 members (excludes halogenated alkanes) is 6. The van der Waals surface area contributed by atoms with E-state index < -0.39 is 0 Å². The molecule has 0 spiro atoms. The van der Waals surface area contributed by atoms with Crippen molar-refractivity contribution in [3.8, 4) is 9.85 Å². The summed E-state index contributed by atoms with van der Waals surface area (Å²) >= 11 is -0.117. The number of carbonyl (C=O) groups excluding carboxylic acids is 1. The Morgan fingerprint density at radius 1 is 0.957 bits per heavy atom. The van der Waals surface area contributed by atoms with Gasteiger partial charge < -0.3 is 0 Å². The van der Waals surface area contributed by atoms with Crippen molar-refractivity contribution in [3.05, 3.63) is 33.9 Å². The number of hydrogen-bond donors (Lipinski definition) is 0. The van der Waals surface area contributed by atoms with Gasteiger partial charge in [-0.3, -0.25) is 4.79 Å². The van der Waals surface area contributed by atoms with Gasteiger partial charge in [0.25, 0.3) is 0 Å². The van der Waals surface area contributed by atoms with Crippen molar-refractivity contribution in [2.24, 2.45) is 5.41 Å². The lowest BCUT2D eigenvalue weighted by atomic mass is 9.88. The molecule has 126 valence electrons. The summed E-state index contributed by atoms with van der Waals surface area (Å²) in [7, 11) is 0. The molecule has 0 saturated carbocycles. The molecule has 0 atom stereocenters. The van der Waals surface area contributed by atoms with Gasteiger partial charge in [0.1, 0.15) is 5.78 Å². The molecule has 0 N–H and O–H groups in total. The van der Waals surface area contributed by atoms with Crippen LogP contribution in [-0.2, 0) is 4.79 Å². The quantitative estimate of drug-likeness (QED) is 0.338. The van der Waals surface area contributed by atoms with Crippen molar-refractivity contribution in [2.75, 3.05) is 0 Å². The largest absolute Gasteiger partial charge is 0.419 e. The van der Waals surface area contributed by atoms with E-state index in [1.54, 1.807) is 0 Å². The van der Waals surface area contributed by atoms with Gasteiger partial charge >= 0.3 is 21.2 Å². The molecule has 23 heavy (non-hydrogen) atoms. The molecule has 0 aliphatic carbocycles. The van der Waals surface area contributed by atoms with Gasteiger partial charge in [-0.1, -0.05) is 64.7 Å². The Morgan fingerprint density at radius 2 is 1.57 bits per heavy atom. The summed E-state index contributed by atoms with van der Waals surface area (Å²) in [6, 6.07) is 10.6. The van der Waals surface area contributed by atoms with Crippen LogP contribution in [0.3, 0.4) is 0 Å². The number of halogens is 1. The zero-order valence-electron chi connectivity index (χ0n) is 14.8. The minimum absolute atomic E-state index is 0.117. The van der Waals surface area contributed by atoms with Gasteiger partial charge in [-0.15, -0.1) is 0 Å². The average molecular weight is 425 g/mol. The summed E-state index contributed by atoms with van der Waals surface area (Å²) in [6.07, 6.45) is 9.04. The van der Waals surface area contributed by atoms with Crippen LogP contribution in [0, 0.1) is 18.8 Å². The minimum Gasteiger partial charge on any atom is -0.299 e. The van der Waals surface area contributed by atoms with E-state index in [2.05, 4.69) is 40.2 Å². The third-order valence-electron chi connectivity index (χ3n) is 3.75. The van der Waals surface area contributed by atoms with Gasteiger partial charge in [-0.25, -0.2) is 0 Å². The van der Waals surface area contributed by atoms with Crippen LogP contribution in [0.2, 0.25) is 0 Å². The highest BCUT2D eigenvalue weighted by atomic mass is 127. The molecule has 0 heterocycles. The Bertz CT molecular complexity index is 502. The Morgan fingerprint density at radius 3 is 2.22 bits per heavy atom. The molecule has 1 nitrogen and oxygen atoms in total. The fraction of sp³-hybridized carbons (Fsp3) is 0.571. The number of rotatable bonds is 9. The van der Waals surface area contributed by atoms with E-state index in [4.69, 9.17) is 0 Å². The van der Waals surface area contributed by atoms with Crippen molar-refractivity contribution in [1.82, 2.24) is 0 Å². The van der Waals surface area contributed by atoms with Crippen LogP contribution in [0.1, 0.15) is 72.1 Å². The summed E-state index contributed by atoms with van der Waals surface area (Å²) < 4.78 is 4.77. The van der Waals surface area contributed by atoms with E-state index in [0.29, 0.717) is 5.78 Å². The fourth-order valence-corrected chi connectivity index (χ4v) is 3.74. The van der Waals surface area contributed by atoms with Crippen LogP contribution < -0.4 is 21.2 Å². The summed E-state index contributed by atoms with van der Waals surface area (Å²) in [5.41, 5.74) is -0.166. The molecule has 0 aromatic heterocycles. The topological polar surface area (TPSA) is 17.1 Å². The predicted molar refractivity (Wildman–Crippen MR) is 94.3 cm³/mol. The van der Waals surface area contributed by atoms with E-state index >= 15 is 0 Å². The Kier molecular flexibility index (Phi) is 10.3. The first-order chi connectivity index (χ1) is 11.0. The van der Waals surface area contributed by atoms with Gasteiger partial charge in [0, 0.05) is 18.3 Å². The maximum absolute atomic E-state index is 11.8. The first-order valence-electron chi connectivity index (χ1n) is 8.70. The van der Waals surface area contributed by atoms with Crippen LogP contribution >= 0.6 is 0 Å². The molecule has 0 bridgehead atoms. The summed E-state index contributed by atoms with van der Waals surface area (Å²) in [6.45, 7) is 6.03. The second-order valence-corrected chi connectivity index (χ2v) is 9.28. The van der Waals surface area contributed by atoms with Crippen molar-refractivity contribution < 1.29 is 26.0 Å². The molecule has 0 amide bonds. The highest BCUT2D eigenvalue weighted by molar-refractivity contribution is 5.83. The maximum Gasteiger partial charge on any atom is 0.419 e. The molecular formula is C21H30IO+. The third kappa shape index (κ3) is 10.5. The molecule has 1 rings (SSSR count). The Hall–Kier alpha value is -0.820. The first kappa shape index (κ1) is 20.2. The standard InChI is InChI=1S/C21H30IO/c1-21(2,3)20(23)17-13-8-6-4-5-7-9-14-18-22-19-15-11-10-12-16-19/h10-12,15-16H,4-9,13,17H2,1-3H3/q+1. The monoisotopic (exact) mass is 425 g/mol. The minimum atomic E-state index is -0.166. The van der Waals surface area contributed by atoms with Crippen molar-refractivity contribution in [1.29, 1.82) is 0 Å². The van der Waals surface area contributed by atoms with E-state index in [0.717, 1.165) is 19.3 Å². The fourth-order valence-electron chi connectivity index (χ4n) is 2.19. The molecule has 0 unspecified atom stereocenters. The van der Waals surface area contributed by atoms with Crippen LogP contribution in [0.15, 0.2) is 30.3 Å². The van der Waals surface area contributed by atoms with E-state index in [9.17, 15) is 4.79 Å². The maximum atomic E-state index is 11.8. The van der Waals surface area contributed by atoms with Gasteiger partial charge in [0.2, 0.25) is 3.57 Å². The number of Topliss-reactive ketones (excluding diaryl/α,β-unsaturated/α-hetero) is 1. The van der Waals surface area contributed by atoms with E-state index in [1.165, 1.54) is 35.7 Å². The molecule has 0 fully saturated rings. The lowest BCUT2D eigenvalue weighted by Crippen LogP contribution is -3.59. The van der Waals surface area contributed by atoms with Crippen LogP contribution in [0.25, 0.3) is 0 Å². The van der Waals surface area contributed by atoms with Gasteiger partial charge in [0.15, 0.2) is 3.93 Å². The second kappa shape index (κ2) is 11.7. The summed E-state index contributed by atoms with van der Waals surface area (Å²) in [5.74, 6) is 3.72. The highest BCUT2D eigenvalue weighted by Gasteiger charge is 2.19. The van der Waals surface area contributed by atoms with Crippen LogP contribution in [0.4, 0.5) is 0 Å². The Labute approximate surface area is 152 Å². The summed E-state index contributed by atoms with van der Waals surface area (Å²) in [4.78, 5) is 11.8. The lowest BCUT2D eigenvalue weighted by molar-refractivity contribution is -0.535. The molecule has 1 aromatic rings. The normalized spacial score (nSPS) is 10.9. The number of carbonyl (C=O) groups is 1. The molecule has 2 heteroatoms. The van der Waals surface area contributed by atoms with Crippen LogP contribution in [-0.4, -0.2) is 5.78 Å². The number of benzene rings is 1. The lowest BCUT2D eigenvalue weighted by Gasteiger charge is -2.16. The molecular weight excluding hydrogens is 395 g/mol. The number of ketones is 1. The third-order valence-corrected chi connectivity index (χ3v) is 5.74.